The Hall–Kier alpha value is -1.58. The molecule has 0 aromatic heterocycles. The van der Waals surface area contributed by atoms with Crippen LogP contribution in [0.25, 0.3) is 0 Å². The molecule has 0 spiro atoms. The molecule has 0 N–H and O–H groups in total. The monoisotopic (exact) mass is 320 g/mol. The van der Waals surface area contributed by atoms with Crippen LogP contribution in [-0.2, 0) is 6.61 Å². The van der Waals surface area contributed by atoms with Gasteiger partial charge < -0.3 is 9.47 Å². The lowest BCUT2D eigenvalue weighted by molar-refractivity contribution is 0.300. The van der Waals surface area contributed by atoms with Gasteiger partial charge in [0.15, 0.2) is 5.05 Å². The fourth-order valence-corrected chi connectivity index (χ4v) is 2.35. The van der Waals surface area contributed by atoms with Crippen molar-refractivity contribution in [1.29, 1.82) is 0 Å². The van der Waals surface area contributed by atoms with Gasteiger partial charge in [-0.05, 0) is 49.8 Å². The summed E-state index contributed by atoms with van der Waals surface area (Å²) < 4.78 is 11.4. The first-order valence-corrected chi connectivity index (χ1v) is 7.42. The van der Waals surface area contributed by atoms with Crippen LogP contribution in [0, 0.1) is 13.8 Å². The third-order valence-electron chi connectivity index (χ3n) is 3.03. The molecule has 110 valence electrons. The van der Waals surface area contributed by atoms with Crippen molar-refractivity contribution in [3.63, 3.8) is 0 Å². The summed E-state index contributed by atoms with van der Waals surface area (Å²) in [5.41, 5.74) is 3.09. The molecule has 2 aromatic carbocycles. The average Bonchev–Trinajstić information content (AvgIpc) is 2.39. The molecule has 0 saturated heterocycles. The Morgan fingerprint density at radius 1 is 1.14 bits per heavy atom. The summed E-state index contributed by atoms with van der Waals surface area (Å²) in [5.74, 6) is 1.48. The van der Waals surface area contributed by atoms with Crippen LogP contribution in [0.4, 0.5) is 0 Å². The summed E-state index contributed by atoms with van der Waals surface area (Å²) >= 11 is 11.2. The molecule has 0 radical (unpaired) electrons. The summed E-state index contributed by atoms with van der Waals surface area (Å²) in [6.07, 6.45) is 0. The first-order valence-electron chi connectivity index (χ1n) is 6.63. The van der Waals surface area contributed by atoms with E-state index in [0.29, 0.717) is 22.4 Å². The van der Waals surface area contributed by atoms with Crippen molar-refractivity contribution in [3.8, 4) is 11.5 Å². The standard InChI is InChI=1S/C17H17ClO2S/c1-11-7-8-16(12(2)9-11)19-10-14-15(18)5-4-6-17(14)20-13(3)21/h4-9H,10H2,1-3H3. The highest BCUT2D eigenvalue weighted by atomic mass is 35.5. The molecule has 0 aliphatic rings. The maximum atomic E-state index is 6.24. The molecule has 2 rings (SSSR count). The number of aryl methyl sites for hydroxylation is 2. The topological polar surface area (TPSA) is 18.5 Å². The van der Waals surface area contributed by atoms with E-state index in [2.05, 4.69) is 13.0 Å². The van der Waals surface area contributed by atoms with Gasteiger partial charge in [0.2, 0.25) is 0 Å². The zero-order valence-electron chi connectivity index (χ0n) is 12.3. The van der Waals surface area contributed by atoms with Crippen LogP contribution in [0.1, 0.15) is 23.6 Å². The molecule has 0 unspecified atom stereocenters. The van der Waals surface area contributed by atoms with Crippen molar-refractivity contribution < 1.29 is 9.47 Å². The lowest BCUT2D eigenvalue weighted by atomic mass is 10.1. The molecule has 0 amide bonds. The molecule has 0 heterocycles. The van der Waals surface area contributed by atoms with Gasteiger partial charge >= 0.3 is 0 Å². The van der Waals surface area contributed by atoms with Gasteiger partial charge in [0.05, 0.1) is 10.6 Å². The Morgan fingerprint density at radius 2 is 1.90 bits per heavy atom. The highest BCUT2D eigenvalue weighted by molar-refractivity contribution is 7.80. The van der Waals surface area contributed by atoms with Gasteiger partial charge in [0.1, 0.15) is 18.1 Å². The molecule has 21 heavy (non-hydrogen) atoms. The van der Waals surface area contributed by atoms with Crippen LogP contribution >= 0.6 is 23.8 Å². The Labute approximate surface area is 135 Å². The minimum absolute atomic E-state index is 0.335. The van der Waals surface area contributed by atoms with E-state index in [1.807, 2.05) is 37.3 Å². The number of benzene rings is 2. The number of rotatable bonds is 4. The van der Waals surface area contributed by atoms with Crippen molar-refractivity contribution >= 4 is 28.9 Å². The summed E-state index contributed by atoms with van der Waals surface area (Å²) in [6.45, 7) is 6.14. The van der Waals surface area contributed by atoms with E-state index in [1.165, 1.54) is 5.56 Å². The molecule has 0 fully saturated rings. The largest absolute Gasteiger partial charge is 0.488 e. The summed E-state index contributed by atoms with van der Waals surface area (Å²) in [5, 5.41) is 1.05. The van der Waals surface area contributed by atoms with E-state index in [9.17, 15) is 0 Å². The zero-order chi connectivity index (χ0) is 15.4. The van der Waals surface area contributed by atoms with E-state index >= 15 is 0 Å². The van der Waals surface area contributed by atoms with Gasteiger partial charge in [0, 0.05) is 6.92 Å². The van der Waals surface area contributed by atoms with Gasteiger partial charge in [-0.1, -0.05) is 35.4 Å². The molecule has 2 aromatic rings. The number of thiocarbonyl (C=S) groups is 1. The molecule has 0 aliphatic heterocycles. The molecule has 0 saturated carbocycles. The number of hydrogen-bond acceptors (Lipinski definition) is 3. The second-order valence-corrected chi connectivity index (χ2v) is 5.85. The van der Waals surface area contributed by atoms with Gasteiger partial charge in [-0.15, -0.1) is 0 Å². The Bertz CT molecular complexity index is 668. The van der Waals surface area contributed by atoms with Crippen LogP contribution < -0.4 is 9.47 Å². The average molecular weight is 321 g/mol. The van der Waals surface area contributed by atoms with Gasteiger partial charge in [-0.25, -0.2) is 0 Å². The van der Waals surface area contributed by atoms with E-state index in [-0.39, 0.29) is 0 Å². The highest BCUT2D eigenvalue weighted by Crippen LogP contribution is 2.29. The van der Waals surface area contributed by atoms with Gasteiger partial charge in [-0.2, -0.15) is 0 Å². The molecule has 0 bridgehead atoms. The lowest BCUT2D eigenvalue weighted by Crippen LogP contribution is -2.05. The quantitative estimate of drug-likeness (QED) is 0.716. The van der Waals surface area contributed by atoms with Crippen molar-refractivity contribution in [2.24, 2.45) is 0 Å². The first-order chi connectivity index (χ1) is 9.97. The van der Waals surface area contributed by atoms with Crippen LogP contribution in [0.3, 0.4) is 0 Å². The fourth-order valence-electron chi connectivity index (χ4n) is 2.04. The predicted octanol–water partition coefficient (Wildman–Crippen LogP) is 5.26. The van der Waals surface area contributed by atoms with E-state index < -0.39 is 0 Å². The second kappa shape index (κ2) is 6.92. The maximum Gasteiger partial charge on any atom is 0.164 e. The minimum Gasteiger partial charge on any atom is -0.488 e. The SMILES string of the molecule is CC(=S)Oc1cccc(Cl)c1COc1ccc(C)cc1C. The van der Waals surface area contributed by atoms with Crippen LogP contribution in [0.2, 0.25) is 5.02 Å². The Kier molecular flexibility index (Phi) is 5.21. The van der Waals surface area contributed by atoms with E-state index in [4.69, 9.17) is 33.3 Å². The van der Waals surface area contributed by atoms with Crippen LogP contribution in [0.15, 0.2) is 36.4 Å². The normalized spacial score (nSPS) is 10.3. The number of ether oxygens (including phenoxy) is 2. The number of hydrogen-bond donors (Lipinski definition) is 0. The summed E-state index contributed by atoms with van der Waals surface area (Å²) in [6, 6.07) is 11.5. The molecule has 2 nitrogen and oxygen atoms in total. The van der Waals surface area contributed by atoms with Gasteiger partial charge in [-0.3, -0.25) is 0 Å². The van der Waals surface area contributed by atoms with Gasteiger partial charge in [0.25, 0.3) is 0 Å². The minimum atomic E-state index is 0.335. The third kappa shape index (κ3) is 4.19. The van der Waals surface area contributed by atoms with Crippen molar-refractivity contribution in [3.05, 3.63) is 58.1 Å². The number of halogens is 1. The Balaban J connectivity index is 2.21. The van der Waals surface area contributed by atoms with Crippen molar-refractivity contribution in [2.75, 3.05) is 0 Å². The predicted molar refractivity (Wildman–Crippen MR) is 90.6 cm³/mol. The van der Waals surface area contributed by atoms with Crippen LogP contribution in [-0.4, -0.2) is 5.05 Å². The van der Waals surface area contributed by atoms with E-state index in [1.54, 1.807) is 6.92 Å². The van der Waals surface area contributed by atoms with Crippen molar-refractivity contribution in [1.82, 2.24) is 0 Å². The molecular formula is C17H17ClO2S. The zero-order valence-corrected chi connectivity index (χ0v) is 13.8. The smallest absolute Gasteiger partial charge is 0.164 e. The lowest BCUT2D eigenvalue weighted by Gasteiger charge is -2.14. The van der Waals surface area contributed by atoms with Crippen molar-refractivity contribution in [2.45, 2.75) is 27.4 Å². The first kappa shape index (κ1) is 15.8. The third-order valence-corrected chi connectivity index (χ3v) is 3.47. The second-order valence-electron chi connectivity index (χ2n) is 4.87. The molecule has 0 aliphatic carbocycles. The van der Waals surface area contributed by atoms with Crippen LogP contribution in [0.5, 0.6) is 11.5 Å². The fraction of sp³-hybridized carbons (Fsp3) is 0.235. The molecule has 0 atom stereocenters. The summed E-state index contributed by atoms with van der Waals surface area (Å²) in [4.78, 5) is 0. The summed E-state index contributed by atoms with van der Waals surface area (Å²) in [7, 11) is 0. The molecular weight excluding hydrogens is 304 g/mol. The molecule has 4 heteroatoms. The van der Waals surface area contributed by atoms with E-state index in [0.717, 1.165) is 16.9 Å². The highest BCUT2D eigenvalue weighted by Gasteiger charge is 2.11. The Morgan fingerprint density at radius 3 is 2.57 bits per heavy atom. The maximum absolute atomic E-state index is 6.24.